The first kappa shape index (κ1) is 23.4. The van der Waals surface area contributed by atoms with Gasteiger partial charge < -0.3 is 18.9 Å². The zero-order valence-corrected chi connectivity index (χ0v) is 18.3. The average Bonchev–Trinajstić information content (AvgIpc) is 2.70. The molecule has 0 saturated carbocycles. The summed E-state index contributed by atoms with van der Waals surface area (Å²) in [5.41, 5.74) is 0.346. The summed E-state index contributed by atoms with van der Waals surface area (Å²) < 4.78 is 21.9. The summed E-state index contributed by atoms with van der Waals surface area (Å²) in [4.78, 5) is 25.6. The van der Waals surface area contributed by atoms with Gasteiger partial charge in [0.1, 0.15) is 0 Å². The number of carbonyl (C=O) groups is 2. The predicted molar refractivity (Wildman–Crippen MR) is 110 cm³/mol. The molecule has 1 aliphatic heterocycles. The minimum Gasteiger partial charge on any atom is -0.462 e. The zero-order chi connectivity index (χ0) is 21.4. The molecule has 0 aromatic heterocycles. The Kier molecular flexibility index (Phi) is 8.65. The topological polar surface area (TPSA) is 71.1 Å². The molecule has 1 heterocycles. The van der Waals surface area contributed by atoms with E-state index in [0.29, 0.717) is 24.5 Å². The van der Waals surface area contributed by atoms with Gasteiger partial charge in [0.15, 0.2) is 6.29 Å². The van der Waals surface area contributed by atoms with Crippen LogP contribution in [0.25, 0.3) is 0 Å². The van der Waals surface area contributed by atoms with Gasteiger partial charge in [0.2, 0.25) is 0 Å². The zero-order valence-electron chi connectivity index (χ0n) is 18.3. The van der Waals surface area contributed by atoms with Gasteiger partial charge in [0, 0.05) is 13.5 Å². The van der Waals surface area contributed by atoms with Gasteiger partial charge in [0.25, 0.3) is 0 Å². The van der Waals surface area contributed by atoms with E-state index in [1.807, 2.05) is 6.92 Å². The van der Waals surface area contributed by atoms with Crippen molar-refractivity contribution >= 4 is 11.9 Å². The maximum atomic E-state index is 12.9. The molecule has 6 heteroatoms. The van der Waals surface area contributed by atoms with Crippen LogP contribution in [0.4, 0.5) is 0 Å². The Labute approximate surface area is 173 Å². The van der Waals surface area contributed by atoms with Crippen LogP contribution in [0.5, 0.6) is 0 Å². The molecule has 1 fully saturated rings. The Morgan fingerprint density at radius 3 is 2.52 bits per heavy atom. The van der Waals surface area contributed by atoms with E-state index in [4.69, 9.17) is 18.9 Å². The van der Waals surface area contributed by atoms with E-state index in [0.717, 1.165) is 25.7 Å². The SMILES string of the molecule is CCCCC(CC)COC(=O)c1cccc(C2(C)CC(OC)O2)c1C(=O)OCC. The summed E-state index contributed by atoms with van der Waals surface area (Å²) in [6.45, 7) is 8.43. The molecule has 2 rings (SSSR count). The van der Waals surface area contributed by atoms with Crippen LogP contribution in [0.15, 0.2) is 18.2 Å². The van der Waals surface area contributed by atoms with Crippen molar-refractivity contribution in [3.05, 3.63) is 34.9 Å². The normalized spacial score (nSPS) is 21.9. The molecule has 0 amide bonds. The highest BCUT2D eigenvalue weighted by Gasteiger charge is 2.46. The van der Waals surface area contributed by atoms with Crippen LogP contribution < -0.4 is 0 Å². The molecule has 3 atom stereocenters. The number of esters is 2. The molecule has 0 spiro atoms. The third-order valence-corrected chi connectivity index (χ3v) is 5.54. The number of hydrogen-bond donors (Lipinski definition) is 0. The molecule has 1 saturated heterocycles. The van der Waals surface area contributed by atoms with Gasteiger partial charge in [-0.1, -0.05) is 45.2 Å². The largest absolute Gasteiger partial charge is 0.462 e. The lowest BCUT2D eigenvalue weighted by molar-refractivity contribution is -0.300. The Balaban J connectivity index is 2.27. The molecule has 0 radical (unpaired) electrons. The average molecular weight is 407 g/mol. The minimum atomic E-state index is -0.716. The summed E-state index contributed by atoms with van der Waals surface area (Å²) in [6, 6.07) is 5.16. The van der Waals surface area contributed by atoms with Gasteiger partial charge in [0.05, 0.1) is 29.9 Å². The van der Waals surface area contributed by atoms with Crippen molar-refractivity contribution in [1.82, 2.24) is 0 Å². The van der Waals surface area contributed by atoms with Crippen molar-refractivity contribution < 1.29 is 28.5 Å². The van der Waals surface area contributed by atoms with Crippen LogP contribution in [0.3, 0.4) is 0 Å². The molecular formula is C23H34O6. The minimum absolute atomic E-state index is 0.217. The van der Waals surface area contributed by atoms with Crippen LogP contribution >= 0.6 is 0 Å². The highest BCUT2D eigenvalue weighted by molar-refractivity contribution is 6.04. The predicted octanol–water partition coefficient (Wildman–Crippen LogP) is 4.84. The van der Waals surface area contributed by atoms with Crippen molar-refractivity contribution in [2.75, 3.05) is 20.3 Å². The fraction of sp³-hybridized carbons (Fsp3) is 0.652. The number of benzene rings is 1. The number of unbranched alkanes of at least 4 members (excludes halogenated alkanes) is 1. The van der Waals surface area contributed by atoms with Gasteiger partial charge in [-0.2, -0.15) is 0 Å². The molecule has 0 aliphatic carbocycles. The highest BCUT2D eigenvalue weighted by atomic mass is 16.7. The number of methoxy groups -OCH3 is 1. The number of rotatable bonds is 11. The third-order valence-electron chi connectivity index (χ3n) is 5.54. The molecule has 1 aromatic rings. The van der Waals surface area contributed by atoms with Crippen molar-refractivity contribution in [1.29, 1.82) is 0 Å². The van der Waals surface area contributed by atoms with Crippen molar-refractivity contribution in [3.8, 4) is 0 Å². The molecule has 162 valence electrons. The van der Waals surface area contributed by atoms with E-state index >= 15 is 0 Å². The van der Waals surface area contributed by atoms with E-state index in [1.54, 1.807) is 32.2 Å². The maximum Gasteiger partial charge on any atom is 0.339 e. The van der Waals surface area contributed by atoms with Gasteiger partial charge in [-0.3, -0.25) is 0 Å². The maximum absolute atomic E-state index is 12.9. The van der Waals surface area contributed by atoms with Gasteiger partial charge in [-0.05, 0) is 37.8 Å². The lowest BCUT2D eigenvalue weighted by atomic mass is 9.82. The van der Waals surface area contributed by atoms with E-state index in [2.05, 4.69) is 13.8 Å². The second-order valence-electron chi connectivity index (χ2n) is 7.68. The monoisotopic (exact) mass is 406 g/mol. The molecule has 3 unspecified atom stereocenters. The molecule has 6 nitrogen and oxygen atoms in total. The second kappa shape index (κ2) is 10.7. The standard InChI is InChI=1S/C23H34O6/c1-6-9-11-16(7-2)15-28-21(24)17-12-10-13-18(20(17)22(25)27-8-3)23(4)14-19(26-5)29-23/h10,12-13,16,19H,6-9,11,14-15H2,1-5H3. The second-order valence-corrected chi connectivity index (χ2v) is 7.68. The van der Waals surface area contributed by atoms with Crippen molar-refractivity contribution in [2.24, 2.45) is 5.92 Å². The summed E-state index contributed by atoms with van der Waals surface area (Å²) in [5.74, 6) is -0.724. The highest BCUT2D eigenvalue weighted by Crippen LogP contribution is 2.44. The van der Waals surface area contributed by atoms with Crippen molar-refractivity contribution in [3.63, 3.8) is 0 Å². The molecule has 29 heavy (non-hydrogen) atoms. The van der Waals surface area contributed by atoms with E-state index in [1.165, 1.54) is 0 Å². The number of ether oxygens (including phenoxy) is 4. The fourth-order valence-corrected chi connectivity index (χ4v) is 3.66. The van der Waals surface area contributed by atoms with Crippen LogP contribution in [0.2, 0.25) is 0 Å². The third kappa shape index (κ3) is 5.58. The first-order valence-corrected chi connectivity index (χ1v) is 10.6. The molecule has 1 aliphatic rings. The smallest absolute Gasteiger partial charge is 0.339 e. The summed E-state index contributed by atoms with van der Waals surface area (Å²) in [5, 5.41) is 0. The Morgan fingerprint density at radius 1 is 1.21 bits per heavy atom. The van der Waals surface area contributed by atoms with Gasteiger partial charge >= 0.3 is 11.9 Å². The Morgan fingerprint density at radius 2 is 1.93 bits per heavy atom. The lowest BCUT2D eigenvalue weighted by Crippen LogP contribution is -2.47. The summed E-state index contributed by atoms with van der Waals surface area (Å²) in [6.07, 6.45) is 4.45. The Hall–Kier alpha value is -1.92. The van der Waals surface area contributed by atoms with Crippen LogP contribution in [0, 0.1) is 5.92 Å². The fourth-order valence-electron chi connectivity index (χ4n) is 3.66. The Bertz CT molecular complexity index is 693. The number of carbonyl (C=O) groups excluding carboxylic acids is 2. The summed E-state index contributed by atoms with van der Waals surface area (Å²) in [7, 11) is 1.58. The van der Waals surface area contributed by atoms with E-state index < -0.39 is 17.5 Å². The van der Waals surface area contributed by atoms with Crippen LogP contribution in [-0.2, 0) is 24.5 Å². The van der Waals surface area contributed by atoms with Crippen LogP contribution in [-0.4, -0.2) is 38.6 Å². The first-order valence-electron chi connectivity index (χ1n) is 10.6. The summed E-state index contributed by atoms with van der Waals surface area (Å²) >= 11 is 0. The molecule has 0 bridgehead atoms. The van der Waals surface area contributed by atoms with Gasteiger partial charge in [-0.15, -0.1) is 0 Å². The van der Waals surface area contributed by atoms with E-state index in [-0.39, 0.29) is 24.0 Å². The first-order chi connectivity index (χ1) is 13.9. The quantitative estimate of drug-likeness (QED) is 0.490. The van der Waals surface area contributed by atoms with Crippen molar-refractivity contribution in [2.45, 2.75) is 71.7 Å². The van der Waals surface area contributed by atoms with Gasteiger partial charge in [-0.25, -0.2) is 9.59 Å². The van der Waals surface area contributed by atoms with Crippen LogP contribution in [0.1, 0.15) is 86.1 Å². The molecule has 1 aromatic carbocycles. The molecule has 0 N–H and O–H groups in total. The molecular weight excluding hydrogens is 372 g/mol. The lowest BCUT2D eigenvalue weighted by Gasteiger charge is -2.45. The van der Waals surface area contributed by atoms with E-state index in [9.17, 15) is 9.59 Å². The number of hydrogen-bond acceptors (Lipinski definition) is 6.